The van der Waals surface area contributed by atoms with Crippen molar-refractivity contribution < 1.29 is 0 Å². The standard InChI is InChI=1S/C10H9N5O/c16-10-13-9(7-12-15-10)14-11-6-8-4-2-1-3-5-8/h1-7H,(H2,13,14,15,16). The second-order valence-corrected chi connectivity index (χ2v) is 2.95. The molecule has 6 heteroatoms. The fourth-order valence-electron chi connectivity index (χ4n) is 1.08. The van der Waals surface area contributed by atoms with E-state index in [1.54, 1.807) is 6.21 Å². The zero-order chi connectivity index (χ0) is 11.2. The van der Waals surface area contributed by atoms with Crippen molar-refractivity contribution in [2.45, 2.75) is 0 Å². The topological polar surface area (TPSA) is 83.0 Å². The van der Waals surface area contributed by atoms with Crippen molar-refractivity contribution in [3.63, 3.8) is 0 Å². The molecule has 0 saturated heterocycles. The predicted molar refractivity (Wildman–Crippen MR) is 60.3 cm³/mol. The van der Waals surface area contributed by atoms with Gasteiger partial charge in [-0.1, -0.05) is 30.3 Å². The number of nitrogens with zero attached hydrogens (tertiary/aromatic N) is 3. The van der Waals surface area contributed by atoms with E-state index >= 15 is 0 Å². The molecule has 1 heterocycles. The number of aromatic nitrogens is 3. The van der Waals surface area contributed by atoms with Gasteiger partial charge in [-0.2, -0.15) is 15.2 Å². The Morgan fingerprint density at radius 3 is 2.88 bits per heavy atom. The van der Waals surface area contributed by atoms with Gasteiger partial charge in [-0.3, -0.25) is 5.43 Å². The van der Waals surface area contributed by atoms with Crippen molar-refractivity contribution >= 4 is 12.0 Å². The van der Waals surface area contributed by atoms with E-state index in [1.807, 2.05) is 30.3 Å². The lowest BCUT2D eigenvalue weighted by Crippen LogP contribution is -2.13. The molecule has 0 amide bonds. The Balaban J connectivity index is 2.03. The van der Waals surface area contributed by atoms with E-state index in [9.17, 15) is 4.79 Å². The van der Waals surface area contributed by atoms with Crippen LogP contribution in [0.3, 0.4) is 0 Å². The number of hydrogen-bond donors (Lipinski definition) is 2. The molecule has 0 unspecified atom stereocenters. The van der Waals surface area contributed by atoms with Crippen molar-refractivity contribution in [2.75, 3.05) is 5.43 Å². The highest BCUT2D eigenvalue weighted by Gasteiger charge is 1.91. The summed E-state index contributed by atoms with van der Waals surface area (Å²) in [5.74, 6) is 0.302. The quantitative estimate of drug-likeness (QED) is 0.580. The maximum Gasteiger partial charge on any atom is 0.363 e. The second-order valence-electron chi connectivity index (χ2n) is 2.95. The Morgan fingerprint density at radius 1 is 1.31 bits per heavy atom. The molecule has 1 aromatic carbocycles. The van der Waals surface area contributed by atoms with E-state index in [0.717, 1.165) is 5.56 Å². The predicted octanol–water partition coefficient (Wildman–Crippen LogP) is 0.611. The van der Waals surface area contributed by atoms with Gasteiger partial charge in [0.05, 0.1) is 12.4 Å². The minimum absolute atomic E-state index is 0.302. The van der Waals surface area contributed by atoms with Crippen molar-refractivity contribution in [2.24, 2.45) is 5.10 Å². The number of hydrogen-bond acceptors (Lipinski definition) is 5. The number of rotatable bonds is 3. The molecule has 2 rings (SSSR count). The summed E-state index contributed by atoms with van der Waals surface area (Å²) in [5.41, 5.74) is 3.05. The van der Waals surface area contributed by atoms with Gasteiger partial charge in [0.15, 0.2) is 5.82 Å². The van der Waals surface area contributed by atoms with Gasteiger partial charge in [0.25, 0.3) is 0 Å². The fraction of sp³-hybridized carbons (Fsp3) is 0. The molecule has 0 fully saturated rings. The van der Waals surface area contributed by atoms with E-state index in [2.05, 4.69) is 25.7 Å². The molecule has 1 aromatic heterocycles. The number of aromatic amines is 1. The van der Waals surface area contributed by atoms with Crippen molar-refractivity contribution in [3.8, 4) is 0 Å². The Morgan fingerprint density at radius 2 is 2.12 bits per heavy atom. The monoisotopic (exact) mass is 215 g/mol. The minimum Gasteiger partial charge on any atom is -0.260 e. The number of H-pyrrole nitrogens is 1. The van der Waals surface area contributed by atoms with E-state index in [4.69, 9.17) is 0 Å². The van der Waals surface area contributed by atoms with Crippen molar-refractivity contribution in [1.82, 2.24) is 15.2 Å². The fourth-order valence-corrected chi connectivity index (χ4v) is 1.08. The first-order chi connectivity index (χ1) is 7.84. The maximum absolute atomic E-state index is 10.8. The van der Waals surface area contributed by atoms with Gasteiger partial charge in [0.2, 0.25) is 0 Å². The third-order valence-electron chi connectivity index (χ3n) is 1.76. The van der Waals surface area contributed by atoms with E-state index in [1.165, 1.54) is 6.20 Å². The van der Waals surface area contributed by atoms with Gasteiger partial charge in [-0.05, 0) is 5.56 Å². The molecule has 16 heavy (non-hydrogen) atoms. The molecule has 0 bridgehead atoms. The van der Waals surface area contributed by atoms with Crippen LogP contribution in [-0.2, 0) is 0 Å². The van der Waals surface area contributed by atoms with Gasteiger partial charge in [0.1, 0.15) is 0 Å². The summed E-state index contributed by atoms with van der Waals surface area (Å²) in [6.07, 6.45) is 3.01. The molecule has 0 saturated carbocycles. The third-order valence-corrected chi connectivity index (χ3v) is 1.76. The molecule has 0 spiro atoms. The molecule has 0 aliphatic carbocycles. The number of nitrogens with one attached hydrogen (secondary N) is 2. The summed E-state index contributed by atoms with van der Waals surface area (Å²) in [6.45, 7) is 0. The average Bonchev–Trinajstić information content (AvgIpc) is 2.30. The van der Waals surface area contributed by atoms with Crippen LogP contribution in [0.1, 0.15) is 5.56 Å². The van der Waals surface area contributed by atoms with Crippen LogP contribution >= 0.6 is 0 Å². The number of hydrazone groups is 1. The largest absolute Gasteiger partial charge is 0.363 e. The highest BCUT2D eigenvalue weighted by Crippen LogP contribution is 1.96. The highest BCUT2D eigenvalue weighted by atomic mass is 16.1. The third kappa shape index (κ3) is 2.74. The summed E-state index contributed by atoms with van der Waals surface area (Å²) >= 11 is 0. The number of anilines is 1. The summed E-state index contributed by atoms with van der Waals surface area (Å²) in [6, 6.07) is 9.57. The Kier molecular flexibility index (Phi) is 3.03. The Labute approximate surface area is 91.1 Å². The highest BCUT2D eigenvalue weighted by molar-refractivity contribution is 5.79. The van der Waals surface area contributed by atoms with Crippen LogP contribution in [0, 0.1) is 0 Å². The SMILES string of the molecule is O=c1nc(NN=Cc2ccccc2)cn[nH]1. The van der Waals surface area contributed by atoms with E-state index in [-0.39, 0.29) is 0 Å². The Bertz CT molecular complexity index is 534. The van der Waals surface area contributed by atoms with Crippen molar-refractivity contribution in [3.05, 3.63) is 52.6 Å². The van der Waals surface area contributed by atoms with Gasteiger partial charge < -0.3 is 0 Å². The van der Waals surface area contributed by atoms with E-state index in [0.29, 0.717) is 5.82 Å². The summed E-state index contributed by atoms with van der Waals surface area (Å²) in [7, 11) is 0. The summed E-state index contributed by atoms with van der Waals surface area (Å²) < 4.78 is 0. The Hall–Kier alpha value is -2.50. The molecule has 0 atom stereocenters. The first-order valence-electron chi connectivity index (χ1n) is 4.60. The summed E-state index contributed by atoms with van der Waals surface area (Å²) in [5, 5.41) is 9.67. The lowest BCUT2D eigenvalue weighted by atomic mass is 10.2. The van der Waals surface area contributed by atoms with Crippen LogP contribution in [0.5, 0.6) is 0 Å². The molecular weight excluding hydrogens is 206 g/mol. The minimum atomic E-state index is -0.514. The van der Waals surface area contributed by atoms with Crippen LogP contribution in [0.25, 0.3) is 0 Å². The smallest absolute Gasteiger partial charge is 0.260 e. The van der Waals surface area contributed by atoms with Crippen LogP contribution in [-0.4, -0.2) is 21.4 Å². The molecule has 0 radical (unpaired) electrons. The zero-order valence-electron chi connectivity index (χ0n) is 8.29. The molecule has 80 valence electrons. The van der Waals surface area contributed by atoms with Crippen LogP contribution < -0.4 is 11.1 Å². The van der Waals surface area contributed by atoms with Crippen LogP contribution in [0.2, 0.25) is 0 Å². The maximum atomic E-state index is 10.8. The molecule has 0 aliphatic rings. The number of benzene rings is 1. The lowest BCUT2D eigenvalue weighted by molar-refractivity contribution is 0.913. The van der Waals surface area contributed by atoms with Crippen LogP contribution in [0.15, 0.2) is 46.4 Å². The normalized spacial score (nSPS) is 10.5. The zero-order valence-corrected chi connectivity index (χ0v) is 8.29. The molecular formula is C10H9N5O. The molecule has 2 N–H and O–H groups in total. The first kappa shape index (κ1) is 10.0. The van der Waals surface area contributed by atoms with Gasteiger partial charge >= 0.3 is 5.69 Å². The second kappa shape index (κ2) is 4.83. The summed E-state index contributed by atoms with van der Waals surface area (Å²) in [4.78, 5) is 14.4. The molecule has 0 aliphatic heterocycles. The first-order valence-corrected chi connectivity index (χ1v) is 4.60. The van der Waals surface area contributed by atoms with Gasteiger partial charge in [-0.15, -0.1) is 0 Å². The molecule has 6 nitrogen and oxygen atoms in total. The van der Waals surface area contributed by atoms with E-state index < -0.39 is 5.69 Å². The average molecular weight is 215 g/mol. The van der Waals surface area contributed by atoms with Crippen molar-refractivity contribution in [1.29, 1.82) is 0 Å². The lowest BCUT2D eigenvalue weighted by Gasteiger charge is -1.95. The van der Waals surface area contributed by atoms with Crippen LogP contribution in [0.4, 0.5) is 5.82 Å². The molecule has 2 aromatic rings. The van der Waals surface area contributed by atoms with Gasteiger partial charge in [-0.25, -0.2) is 9.89 Å². The van der Waals surface area contributed by atoms with Gasteiger partial charge in [0, 0.05) is 0 Å².